The summed E-state index contributed by atoms with van der Waals surface area (Å²) in [5.41, 5.74) is 8.89. The number of pyridine rings is 1. The monoisotopic (exact) mass is 412 g/mol. The molecule has 0 atom stereocenters. The second-order valence-electron chi connectivity index (χ2n) is 6.48. The van der Waals surface area contributed by atoms with Gasteiger partial charge in [-0.15, -0.1) is 0 Å². The molecule has 3 aromatic rings. The summed E-state index contributed by atoms with van der Waals surface area (Å²) in [6.07, 6.45) is 5.33. The van der Waals surface area contributed by atoms with Gasteiger partial charge in [0, 0.05) is 47.9 Å². The Kier molecular flexibility index (Phi) is 6.31. The number of carbonyl (C=O) groups excluding carboxylic acids is 2. The summed E-state index contributed by atoms with van der Waals surface area (Å²) in [6.45, 7) is 2.21. The number of aromatic nitrogens is 2. The Balaban J connectivity index is 2.02. The minimum Gasteiger partial charge on any atom is -0.384 e. The molecule has 0 spiro atoms. The van der Waals surface area contributed by atoms with E-state index in [9.17, 15) is 9.59 Å². The lowest BCUT2D eigenvalue weighted by Crippen LogP contribution is -2.15. The Labute approximate surface area is 173 Å². The van der Waals surface area contributed by atoms with Crippen LogP contribution < -0.4 is 11.1 Å². The van der Waals surface area contributed by atoms with Gasteiger partial charge < -0.3 is 20.4 Å². The predicted octanol–water partition coefficient (Wildman–Crippen LogP) is 3.58. The van der Waals surface area contributed by atoms with Crippen LogP contribution in [0.15, 0.2) is 48.9 Å². The van der Waals surface area contributed by atoms with Gasteiger partial charge >= 0.3 is 0 Å². The molecule has 2 aromatic heterocycles. The molecule has 29 heavy (non-hydrogen) atoms. The van der Waals surface area contributed by atoms with Crippen molar-refractivity contribution in [3.63, 3.8) is 0 Å². The van der Waals surface area contributed by atoms with Crippen LogP contribution in [0.5, 0.6) is 0 Å². The number of nitrogens with zero attached hydrogens (tertiary/aromatic N) is 2. The van der Waals surface area contributed by atoms with Gasteiger partial charge in [0.05, 0.1) is 24.3 Å². The number of nitrogens with two attached hydrogens (primary N) is 1. The molecule has 8 heteroatoms. The maximum absolute atomic E-state index is 12.0. The summed E-state index contributed by atoms with van der Waals surface area (Å²) in [4.78, 5) is 28.2. The van der Waals surface area contributed by atoms with E-state index in [4.69, 9.17) is 22.1 Å². The number of hydrogen-bond acceptors (Lipinski definition) is 4. The molecule has 0 fully saturated rings. The van der Waals surface area contributed by atoms with Crippen molar-refractivity contribution in [3.05, 3.63) is 65.1 Å². The molecule has 1 aromatic carbocycles. The van der Waals surface area contributed by atoms with Crippen molar-refractivity contribution >= 4 is 29.2 Å². The number of ether oxygens (including phenoxy) is 1. The number of aryl methyl sites for hydroxylation is 1. The van der Waals surface area contributed by atoms with E-state index in [-0.39, 0.29) is 12.3 Å². The van der Waals surface area contributed by atoms with E-state index in [0.717, 1.165) is 11.3 Å². The molecule has 2 heterocycles. The highest BCUT2D eigenvalue weighted by Gasteiger charge is 2.17. The third kappa shape index (κ3) is 4.64. The van der Waals surface area contributed by atoms with Crippen LogP contribution in [-0.4, -0.2) is 35.1 Å². The molecule has 2 amide bonds. The quantitative estimate of drug-likeness (QED) is 0.619. The number of carbonyl (C=O) groups is 2. The van der Waals surface area contributed by atoms with Crippen LogP contribution in [-0.2, 0) is 9.53 Å². The van der Waals surface area contributed by atoms with Crippen LogP contribution >= 0.6 is 11.6 Å². The molecule has 0 aliphatic heterocycles. The van der Waals surface area contributed by atoms with E-state index in [1.807, 2.05) is 25.1 Å². The first-order chi connectivity index (χ1) is 13.9. The van der Waals surface area contributed by atoms with E-state index in [0.29, 0.717) is 34.1 Å². The normalized spacial score (nSPS) is 10.7. The van der Waals surface area contributed by atoms with Crippen molar-refractivity contribution in [1.29, 1.82) is 0 Å². The number of halogens is 1. The minimum atomic E-state index is -0.557. The second kappa shape index (κ2) is 8.89. The zero-order chi connectivity index (χ0) is 21.0. The third-order valence-corrected chi connectivity index (χ3v) is 4.74. The molecule has 3 N–H and O–H groups in total. The van der Waals surface area contributed by atoms with Crippen LogP contribution in [0.2, 0.25) is 5.02 Å². The van der Waals surface area contributed by atoms with Crippen LogP contribution in [0.4, 0.5) is 5.82 Å². The largest absolute Gasteiger partial charge is 0.384 e. The average Bonchev–Trinajstić information content (AvgIpc) is 3.13. The summed E-state index contributed by atoms with van der Waals surface area (Å²) >= 11 is 6.32. The number of anilines is 1. The minimum absolute atomic E-state index is 0.198. The zero-order valence-corrected chi connectivity index (χ0v) is 16.9. The zero-order valence-electron chi connectivity index (χ0n) is 16.1. The van der Waals surface area contributed by atoms with Crippen molar-refractivity contribution in [2.24, 2.45) is 5.73 Å². The number of methoxy groups -OCH3 is 1. The van der Waals surface area contributed by atoms with E-state index < -0.39 is 5.91 Å². The van der Waals surface area contributed by atoms with E-state index in [1.165, 1.54) is 7.11 Å². The highest BCUT2D eigenvalue weighted by atomic mass is 35.5. The molecular formula is C21H21ClN4O3. The first kappa shape index (κ1) is 20.6. The fourth-order valence-corrected chi connectivity index (χ4v) is 3.18. The molecule has 0 bridgehead atoms. The van der Waals surface area contributed by atoms with Gasteiger partial charge in [-0.2, -0.15) is 0 Å². The van der Waals surface area contributed by atoms with Gasteiger partial charge in [0.15, 0.2) is 0 Å². The molecule has 7 nitrogen and oxygen atoms in total. The number of benzene rings is 1. The van der Waals surface area contributed by atoms with Gasteiger partial charge in [-0.05, 0) is 18.6 Å². The lowest BCUT2D eigenvalue weighted by molar-refractivity contribution is -0.117. The SMILES string of the molecule is COCCC(=O)Nc1cc(-n2cc(C(N)=O)c(-c3ccccc3Cl)c2)c(C)cn1. The van der Waals surface area contributed by atoms with Gasteiger partial charge in [0.1, 0.15) is 5.82 Å². The van der Waals surface area contributed by atoms with Crippen molar-refractivity contribution in [2.45, 2.75) is 13.3 Å². The Bertz CT molecular complexity index is 1060. The Morgan fingerprint density at radius 3 is 2.69 bits per heavy atom. The Morgan fingerprint density at radius 1 is 1.24 bits per heavy atom. The number of hydrogen-bond donors (Lipinski definition) is 2. The van der Waals surface area contributed by atoms with Gasteiger partial charge in [0.2, 0.25) is 5.91 Å². The lowest BCUT2D eigenvalue weighted by atomic mass is 10.0. The molecule has 3 rings (SSSR count). The molecule has 0 saturated carbocycles. The maximum atomic E-state index is 12.0. The van der Waals surface area contributed by atoms with Crippen LogP contribution in [0.1, 0.15) is 22.3 Å². The Morgan fingerprint density at radius 2 is 2.00 bits per heavy atom. The fraction of sp³-hybridized carbons (Fsp3) is 0.190. The van der Waals surface area contributed by atoms with Gasteiger partial charge in [0.25, 0.3) is 5.91 Å². The van der Waals surface area contributed by atoms with E-state index in [2.05, 4.69) is 10.3 Å². The van der Waals surface area contributed by atoms with Gasteiger partial charge in [-0.25, -0.2) is 4.98 Å². The molecule has 0 unspecified atom stereocenters. The molecule has 0 aliphatic carbocycles. The molecular weight excluding hydrogens is 392 g/mol. The van der Waals surface area contributed by atoms with Crippen molar-refractivity contribution in [2.75, 3.05) is 19.0 Å². The number of amides is 2. The van der Waals surface area contributed by atoms with E-state index >= 15 is 0 Å². The summed E-state index contributed by atoms with van der Waals surface area (Å²) in [5, 5.41) is 3.26. The average molecular weight is 413 g/mol. The van der Waals surface area contributed by atoms with Crippen LogP contribution in [0.25, 0.3) is 16.8 Å². The highest BCUT2D eigenvalue weighted by Crippen LogP contribution is 2.32. The molecule has 0 saturated heterocycles. The lowest BCUT2D eigenvalue weighted by Gasteiger charge is -2.10. The van der Waals surface area contributed by atoms with E-state index in [1.54, 1.807) is 35.3 Å². The van der Waals surface area contributed by atoms with Crippen LogP contribution in [0.3, 0.4) is 0 Å². The topological polar surface area (TPSA) is 99.2 Å². The summed E-state index contributed by atoms with van der Waals surface area (Å²) in [5.74, 6) is -0.352. The molecule has 150 valence electrons. The van der Waals surface area contributed by atoms with Crippen LogP contribution in [0, 0.1) is 6.92 Å². The molecule has 0 aliphatic rings. The smallest absolute Gasteiger partial charge is 0.250 e. The van der Waals surface area contributed by atoms with Crippen molar-refractivity contribution < 1.29 is 14.3 Å². The summed E-state index contributed by atoms with van der Waals surface area (Å²) < 4.78 is 6.69. The first-order valence-electron chi connectivity index (χ1n) is 8.93. The second-order valence-corrected chi connectivity index (χ2v) is 6.89. The number of primary amides is 1. The first-order valence-corrected chi connectivity index (χ1v) is 9.31. The predicted molar refractivity (Wildman–Crippen MR) is 112 cm³/mol. The summed E-state index contributed by atoms with van der Waals surface area (Å²) in [7, 11) is 1.54. The Hall–Kier alpha value is -3.16. The fourth-order valence-electron chi connectivity index (χ4n) is 2.94. The number of rotatable bonds is 7. The highest BCUT2D eigenvalue weighted by molar-refractivity contribution is 6.33. The maximum Gasteiger partial charge on any atom is 0.250 e. The van der Waals surface area contributed by atoms with Crippen molar-refractivity contribution in [3.8, 4) is 16.8 Å². The third-order valence-electron chi connectivity index (χ3n) is 4.41. The number of nitrogens with one attached hydrogen (secondary N) is 1. The van der Waals surface area contributed by atoms with Crippen molar-refractivity contribution in [1.82, 2.24) is 9.55 Å². The van der Waals surface area contributed by atoms with Gasteiger partial charge in [-0.3, -0.25) is 9.59 Å². The molecule has 0 radical (unpaired) electrons. The summed E-state index contributed by atoms with van der Waals surface area (Å²) in [6, 6.07) is 8.98. The standard InChI is InChI=1S/C21H21ClN4O3/c1-13-10-24-19(25-20(27)7-8-29-2)9-18(13)26-11-15(16(12-26)21(23)28)14-5-3-4-6-17(14)22/h3-6,9-12H,7-8H2,1-2H3,(H2,23,28)(H,24,25,27). The van der Waals surface area contributed by atoms with Gasteiger partial charge in [-0.1, -0.05) is 29.8 Å².